The van der Waals surface area contributed by atoms with E-state index in [1.54, 1.807) is 14.2 Å². The molecule has 1 heterocycles. The van der Waals surface area contributed by atoms with Crippen LogP contribution in [0.15, 0.2) is 53.6 Å². The number of hydrogen-bond donors (Lipinski definition) is 0. The number of carbonyl (C=O) groups is 2. The zero-order valence-corrected chi connectivity index (χ0v) is 17.8. The topological polar surface area (TPSA) is 62.2 Å². The molecule has 0 unspecified atom stereocenters. The molecule has 1 aliphatic carbocycles. The van der Waals surface area contributed by atoms with Gasteiger partial charge in [0, 0.05) is 30.0 Å². The number of likely N-dealkylation sites (N-methyl/N-ethyl adjacent to an activating group) is 1. The smallest absolute Gasteiger partial charge is 0.262 e. The van der Waals surface area contributed by atoms with Crippen molar-refractivity contribution in [2.24, 2.45) is 11.0 Å². The molecule has 0 bridgehead atoms. The molecule has 0 N–H and O–H groups in total. The fourth-order valence-corrected chi connectivity index (χ4v) is 3.78. The summed E-state index contributed by atoms with van der Waals surface area (Å²) >= 11 is 6.05. The van der Waals surface area contributed by atoms with Crippen molar-refractivity contribution in [1.29, 1.82) is 0 Å². The van der Waals surface area contributed by atoms with Gasteiger partial charge in [-0.15, -0.1) is 0 Å². The zero-order valence-electron chi connectivity index (χ0n) is 17.0. The average Bonchev–Trinajstić information content (AvgIpc) is 3.51. The predicted octanol–water partition coefficient (Wildman–Crippen LogP) is 3.89. The van der Waals surface area contributed by atoms with E-state index >= 15 is 0 Å². The van der Waals surface area contributed by atoms with Gasteiger partial charge in [0.15, 0.2) is 0 Å². The Morgan fingerprint density at radius 1 is 1.20 bits per heavy atom. The first-order valence-corrected chi connectivity index (χ1v) is 10.4. The molecule has 2 amide bonds. The number of methoxy groups -OCH3 is 1. The second-order valence-electron chi connectivity index (χ2n) is 7.76. The predicted molar refractivity (Wildman–Crippen MR) is 116 cm³/mol. The molecule has 1 aliphatic heterocycles. The van der Waals surface area contributed by atoms with E-state index in [0.717, 1.165) is 35.4 Å². The Hall–Kier alpha value is -2.86. The largest absolute Gasteiger partial charge is 0.497 e. The first-order chi connectivity index (χ1) is 14.5. The summed E-state index contributed by atoms with van der Waals surface area (Å²) in [7, 11) is 3.30. The molecule has 156 valence electrons. The Labute approximate surface area is 181 Å². The van der Waals surface area contributed by atoms with Crippen molar-refractivity contribution in [3.05, 3.63) is 64.7 Å². The highest BCUT2D eigenvalue weighted by Crippen LogP contribution is 2.34. The molecule has 4 rings (SSSR count). The maximum atomic E-state index is 13.1. The van der Waals surface area contributed by atoms with Crippen LogP contribution in [-0.2, 0) is 9.59 Å². The molecule has 2 aromatic rings. The fraction of sp³-hybridized carbons (Fsp3) is 0.348. The average molecular weight is 426 g/mol. The van der Waals surface area contributed by atoms with Crippen molar-refractivity contribution < 1.29 is 14.3 Å². The van der Waals surface area contributed by atoms with Gasteiger partial charge in [0.25, 0.3) is 5.91 Å². The van der Waals surface area contributed by atoms with E-state index in [4.69, 9.17) is 16.3 Å². The summed E-state index contributed by atoms with van der Waals surface area (Å²) in [5.74, 6) is 0.633. The van der Waals surface area contributed by atoms with E-state index in [0.29, 0.717) is 11.4 Å². The van der Waals surface area contributed by atoms with E-state index in [2.05, 4.69) is 5.10 Å². The number of carbonyl (C=O) groups excluding carboxylic acids is 2. The third-order valence-electron chi connectivity index (χ3n) is 5.50. The number of ether oxygens (including phenoxy) is 1. The molecule has 0 saturated heterocycles. The standard InChI is InChI=1S/C23H24ClN3O3/c1-26(23(29)16-6-7-16)14-22(28)27-21(15-8-10-18(24)11-9-15)13-20(25-27)17-4-3-5-19(12-17)30-2/h3-5,8-12,16,21H,6-7,13-14H2,1-2H3/t21-/m1/s1. The molecular weight excluding hydrogens is 402 g/mol. The lowest BCUT2D eigenvalue weighted by Gasteiger charge is -2.25. The monoisotopic (exact) mass is 425 g/mol. The van der Waals surface area contributed by atoms with Gasteiger partial charge in [0.05, 0.1) is 18.9 Å². The molecule has 1 fully saturated rings. The lowest BCUT2D eigenvalue weighted by molar-refractivity contribution is -0.141. The van der Waals surface area contributed by atoms with Crippen LogP contribution >= 0.6 is 11.6 Å². The summed E-state index contributed by atoms with van der Waals surface area (Å²) in [6.45, 7) is 0.00825. The van der Waals surface area contributed by atoms with Gasteiger partial charge in [0.1, 0.15) is 12.3 Å². The number of amides is 2. The van der Waals surface area contributed by atoms with E-state index in [1.165, 1.54) is 9.91 Å². The summed E-state index contributed by atoms with van der Waals surface area (Å²) in [5, 5.41) is 6.81. The highest BCUT2D eigenvalue weighted by atomic mass is 35.5. The van der Waals surface area contributed by atoms with Gasteiger partial charge in [0.2, 0.25) is 5.91 Å². The number of halogens is 1. The normalized spacial score (nSPS) is 18.2. The molecular formula is C23H24ClN3O3. The van der Waals surface area contributed by atoms with E-state index < -0.39 is 0 Å². The molecule has 30 heavy (non-hydrogen) atoms. The maximum absolute atomic E-state index is 13.1. The van der Waals surface area contributed by atoms with Crippen molar-refractivity contribution in [2.75, 3.05) is 20.7 Å². The van der Waals surface area contributed by atoms with Crippen molar-refractivity contribution in [3.63, 3.8) is 0 Å². The summed E-state index contributed by atoms with van der Waals surface area (Å²) in [6, 6.07) is 14.8. The van der Waals surface area contributed by atoms with Crippen molar-refractivity contribution in [3.8, 4) is 5.75 Å². The van der Waals surface area contributed by atoms with Crippen LogP contribution in [0.4, 0.5) is 0 Å². The molecule has 0 aromatic heterocycles. The molecule has 2 aromatic carbocycles. The lowest BCUT2D eigenvalue weighted by atomic mass is 9.98. The van der Waals surface area contributed by atoms with Gasteiger partial charge in [-0.25, -0.2) is 5.01 Å². The first-order valence-electron chi connectivity index (χ1n) is 10.0. The minimum atomic E-state index is -0.250. The van der Waals surface area contributed by atoms with Crippen LogP contribution in [0.1, 0.15) is 36.4 Å². The van der Waals surface area contributed by atoms with Gasteiger partial charge < -0.3 is 9.64 Å². The minimum Gasteiger partial charge on any atom is -0.497 e. The van der Waals surface area contributed by atoms with E-state index in [-0.39, 0.29) is 30.3 Å². The second-order valence-corrected chi connectivity index (χ2v) is 8.19. The lowest BCUT2D eigenvalue weighted by Crippen LogP contribution is -2.39. The molecule has 1 atom stereocenters. The van der Waals surface area contributed by atoms with Crippen LogP contribution in [-0.4, -0.2) is 48.1 Å². The summed E-state index contributed by atoms with van der Waals surface area (Å²) in [4.78, 5) is 26.9. The first kappa shape index (κ1) is 20.4. The molecule has 6 nitrogen and oxygen atoms in total. The van der Waals surface area contributed by atoms with E-state index in [1.807, 2.05) is 48.5 Å². The van der Waals surface area contributed by atoms with Gasteiger partial charge in [-0.1, -0.05) is 35.9 Å². The Kier molecular flexibility index (Phi) is 5.77. The van der Waals surface area contributed by atoms with Gasteiger partial charge >= 0.3 is 0 Å². The fourth-order valence-electron chi connectivity index (χ4n) is 3.66. The van der Waals surface area contributed by atoms with Crippen molar-refractivity contribution in [2.45, 2.75) is 25.3 Å². The van der Waals surface area contributed by atoms with Gasteiger partial charge in [-0.05, 0) is 42.7 Å². The quantitative estimate of drug-likeness (QED) is 0.705. The van der Waals surface area contributed by atoms with Crippen molar-refractivity contribution >= 4 is 29.1 Å². The third-order valence-corrected chi connectivity index (χ3v) is 5.75. The summed E-state index contributed by atoms with van der Waals surface area (Å²) < 4.78 is 5.33. The van der Waals surface area contributed by atoms with Crippen LogP contribution in [0, 0.1) is 5.92 Å². The van der Waals surface area contributed by atoms with Crippen LogP contribution in [0.5, 0.6) is 5.75 Å². The van der Waals surface area contributed by atoms with Crippen LogP contribution in [0.3, 0.4) is 0 Å². The van der Waals surface area contributed by atoms with Crippen LogP contribution in [0.2, 0.25) is 5.02 Å². The highest BCUT2D eigenvalue weighted by molar-refractivity contribution is 6.30. The van der Waals surface area contributed by atoms with Gasteiger partial charge in [-0.2, -0.15) is 5.10 Å². The Morgan fingerprint density at radius 2 is 1.93 bits per heavy atom. The number of benzene rings is 2. The zero-order chi connectivity index (χ0) is 21.3. The number of rotatable bonds is 6. The summed E-state index contributed by atoms with van der Waals surface area (Å²) in [5.41, 5.74) is 2.66. The number of hydrazone groups is 1. The van der Waals surface area contributed by atoms with Crippen LogP contribution in [0.25, 0.3) is 0 Å². The maximum Gasteiger partial charge on any atom is 0.262 e. The van der Waals surface area contributed by atoms with E-state index in [9.17, 15) is 9.59 Å². The number of nitrogens with zero attached hydrogens (tertiary/aromatic N) is 3. The molecule has 7 heteroatoms. The molecule has 2 aliphatic rings. The SMILES string of the molecule is COc1cccc(C2=NN(C(=O)CN(C)C(=O)C3CC3)[C@@H](c3ccc(Cl)cc3)C2)c1. The molecule has 0 spiro atoms. The Bertz CT molecular complexity index is 985. The number of hydrogen-bond acceptors (Lipinski definition) is 4. The Morgan fingerprint density at radius 3 is 2.60 bits per heavy atom. The second kappa shape index (κ2) is 8.48. The molecule has 0 radical (unpaired) electrons. The Balaban J connectivity index is 1.60. The van der Waals surface area contributed by atoms with Gasteiger partial charge in [-0.3, -0.25) is 9.59 Å². The van der Waals surface area contributed by atoms with Crippen LogP contribution < -0.4 is 4.74 Å². The van der Waals surface area contributed by atoms with Crippen molar-refractivity contribution in [1.82, 2.24) is 9.91 Å². The summed E-state index contributed by atoms with van der Waals surface area (Å²) in [6.07, 6.45) is 2.39. The third kappa shape index (κ3) is 4.33. The highest BCUT2D eigenvalue weighted by Gasteiger charge is 2.36. The minimum absolute atomic E-state index is 0.00825. The molecule has 1 saturated carbocycles.